The standard InChI is InChI=1S/C16H19N3S/c1-12-6-5-8-15(13(12)2)19-16(20)18-11-9-14-7-3-4-10-17-14/h3-8,10H,9,11H2,1-2H3,(H2,18,19,20). The summed E-state index contributed by atoms with van der Waals surface area (Å²) in [6.07, 6.45) is 2.66. The van der Waals surface area contributed by atoms with E-state index < -0.39 is 0 Å². The Balaban J connectivity index is 1.82. The van der Waals surface area contributed by atoms with Crippen LogP contribution in [0.3, 0.4) is 0 Å². The number of pyridine rings is 1. The zero-order valence-corrected chi connectivity index (χ0v) is 12.6. The molecule has 0 atom stereocenters. The van der Waals surface area contributed by atoms with Crippen LogP contribution in [-0.2, 0) is 6.42 Å². The molecular formula is C16H19N3S. The number of aromatic nitrogens is 1. The summed E-state index contributed by atoms with van der Waals surface area (Å²) in [5.74, 6) is 0. The molecule has 0 spiro atoms. The van der Waals surface area contributed by atoms with Gasteiger partial charge >= 0.3 is 0 Å². The maximum absolute atomic E-state index is 5.31. The number of thiocarbonyl (C=S) groups is 1. The Labute approximate surface area is 125 Å². The first-order valence-corrected chi connectivity index (χ1v) is 7.08. The van der Waals surface area contributed by atoms with Crippen LogP contribution < -0.4 is 10.6 Å². The lowest BCUT2D eigenvalue weighted by Crippen LogP contribution is -2.30. The van der Waals surface area contributed by atoms with Crippen LogP contribution in [0.1, 0.15) is 16.8 Å². The van der Waals surface area contributed by atoms with E-state index in [9.17, 15) is 0 Å². The van der Waals surface area contributed by atoms with Crippen LogP contribution in [0.25, 0.3) is 0 Å². The summed E-state index contributed by atoms with van der Waals surface area (Å²) >= 11 is 5.31. The van der Waals surface area contributed by atoms with Crippen LogP contribution in [0, 0.1) is 13.8 Å². The number of benzene rings is 1. The fourth-order valence-electron chi connectivity index (χ4n) is 1.90. The van der Waals surface area contributed by atoms with Gasteiger partial charge in [0.2, 0.25) is 0 Å². The molecule has 0 aliphatic heterocycles. The van der Waals surface area contributed by atoms with E-state index in [4.69, 9.17) is 12.2 Å². The third-order valence-electron chi connectivity index (χ3n) is 3.25. The molecule has 2 aromatic rings. The summed E-state index contributed by atoms with van der Waals surface area (Å²) in [5.41, 5.74) is 4.60. The number of nitrogens with one attached hydrogen (secondary N) is 2. The van der Waals surface area contributed by atoms with E-state index in [0.717, 1.165) is 24.3 Å². The maximum atomic E-state index is 5.31. The van der Waals surface area contributed by atoms with Crippen LogP contribution in [0.4, 0.5) is 5.69 Å². The molecule has 0 saturated heterocycles. The molecule has 2 N–H and O–H groups in total. The zero-order chi connectivity index (χ0) is 14.4. The van der Waals surface area contributed by atoms with Crippen molar-refractivity contribution in [3.05, 3.63) is 59.4 Å². The number of nitrogens with zero attached hydrogens (tertiary/aromatic N) is 1. The zero-order valence-electron chi connectivity index (χ0n) is 11.8. The average molecular weight is 285 g/mol. The van der Waals surface area contributed by atoms with Gasteiger partial charge < -0.3 is 10.6 Å². The molecule has 20 heavy (non-hydrogen) atoms. The van der Waals surface area contributed by atoms with Gasteiger partial charge in [-0.3, -0.25) is 4.98 Å². The molecule has 0 unspecified atom stereocenters. The largest absolute Gasteiger partial charge is 0.362 e. The molecular weight excluding hydrogens is 266 g/mol. The first kappa shape index (κ1) is 14.5. The van der Waals surface area contributed by atoms with E-state index in [-0.39, 0.29) is 0 Å². The van der Waals surface area contributed by atoms with Gasteiger partial charge in [-0.1, -0.05) is 18.2 Å². The monoisotopic (exact) mass is 285 g/mol. The summed E-state index contributed by atoms with van der Waals surface area (Å²) < 4.78 is 0. The van der Waals surface area contributed by atoms with Crippen LogP contribution in [0.5, 0.6) is 0 Å². The number of anilines is 1. The van der Waals surface area contributed by atoms with Gasteiger partial charge in [0.15, 0.2) is 5.11 Å². The first-order chi connectivity index (χ1) is 9.66. The lowest BCUT2D eigenvalue weighted by atomic mass is 10.1. The molecule has 0 fully saturated rings. The minimum absolute atomic E-state index is 0.648. The van der Waals surface area contributed by atoms with Crippen molar-refractivity contribution in [2.24, 2.45) is 0 Å². The van der Waals surface area contributed by atoms with Crippen LogP contribution in [0.2, 0.25) is 0 Å². The number of hydrogen-bond acceptors (Lipinski definition) is 2. The van der Waals surface area contributed by atoms with Crippen molar-refractivity contribution in [3.63, 3.8) is 0 Å². The van der Waals surface area contributed by atoms with E-state index in [1.165, 1.54) is 11.1 Å². The van der Waals surface area contributed by atoms with E-state index in [0.29, 0.717) is 5.11 Å². The average Bonchev–Trinajstić information content (AvgIpc) is 2.45. The summed E-state index contributed by atoms with van der Waals surface area (Å²) in [6, 6.07) is 12.1. The van der Waals surface area contributed by atoms with Gasteiger partial charge in [0.05, 0.1) is 0 Å². The quantitative estimate of drug-likeness (QED) is 0.846. The summed E-state index contributed by atoms with van der Waals surface area (Å²) in [5, 5.41) is 7.09. The molecule has 1 aromatic carbocycles. The molecule has 4 heteroatoms. The van der Waals surface area contributed by atoms with E-state index in [2.05, 4.69) is 35.5 Å². The smallest absolute Gasteiger partial charge is 0.170 e. The second kappa shape index (κ2) is 7.01. The molecule has 1 heterocycles. The Morgan fingerprint density at radius 3 is 2.75 bits per heavy atom. The van der Waals surface area contributed by atoms with E-state index >= 15 is 0 Å². The van der Waals surface area contributed by atoms with Gasteiger partial charge in [-0.15, -0.1) is 0 Å². The Kier molecular flexibility index (Phi) is 5.07. The summed E-state index contributed by atoms with van der Waals surface area (Å²) in [6.45, 7) is 4.96. The number of aryl methyl sites for hydroxylation is 1. The first-order valence-electron chi connectivity index (χ1n) is 6.68. The molecule has 1 aromatic heterocycles. The molecule has 0 amide bonds. The highest BCUT2D eigenvalue weighted by Crippen LogP contribution is 2.17. The second-order valence-electron chi connectivity index (χ2n) is 4.70. The predicted molar refractivity (Wildman–Crippen MR) is 88.1 cm³/mol. The highest BCUT2D eigenvalue weighted by Gasteiger charge is 2.02. The minimum Gasteiger partial charge on any atom is -0.362 e. The predicted octanol–water partition coefficient (Wildman–Crippen LogP) is 3.23. The minimum atomic E-state index is 0.648. The second-order valence-corrected chi connectivity index (χ2v) is 5.11. The van der Waals surface area contributed by atoms with Crippen molar-refractivity contribution in [3.8, 4) is 0 Å². The van der Waals surface area contributed by atoms with Gasteiger partial charge in [-0.2, -0.15) is 0 Å². The van der Waals surface area contributed by atoms with Crippen LogP contribution in [-0.4, -0.2) is 16.6 Å². The van der Waals surface area contributed by atoms with Crippen molar-refractivity contribution in [1.82, 2.24) is 10.3 Å². The van der Waals surface area contributed by atoms with Crippen molar-refractivity contribution >= 4 is 23.0 Å². The maximum Gasteiger partial charge on any atom is 0.170 e. The van der Waals surface area contributed by atoms with E-state index in [1.54, 1.807) is 0 Å². The highest BCUT2D eigenvalue weighted by atomic mass is 32.1. The molecule has 3 nitrogen and oxygen atoms in total. The topological polar surface area (TPSA) is 37.0 Å². The van der Waals surface area contributed by atoms with Crippen molar-refractivity contribution < 1.29 is 0 Å². The molecule has 0 radical (unpaired) electrons. The number of rotatable bonds is 4. The molecule has 2 rings (SSSR count). The van der Waals surface area contributed by atoms with Crippen molar-refractivity contribution in [2.45, 2.75) is 20.3 Å². The number of hydrogen-bond donors (Lipinski definition) is 2. The fraction of sp³-hybridized carbons (Fsp3) is 0.250. The lowest BCUT2D eigenvalue weighted by Gasteiger charge is -2.13. The van der Waals surface area contributed by atoms with Gasteiger partial charge in [0, 0.05) is 30.5 Å². The normalized spacial score (nSPS) is 10.1. The summed E-state index contributed by atoms with van der Waals surface area (Å²) in [4.78, 5) is 4.28. The molecule has 0 aliphatic carbocycles. The van der Waals surface area contributed by atoms with Gasteiger partial charge in [0.25, 0.3) is 0 Å². The molecule has 0 bridgehead atoms. The summed E-state index contributed by atoms with van der Waals surface area (Å²) in [7, 11) is 0. The Hall–Kier alpha value is -1.94. The van der Waals surface area contributed by atoms with Gasteiger partial charge in [0.1, 0.15) is 0 Å². The van der Waals surface area contributed by atoms with Crippen LogP contribution >= 0.6 is 12.2 Å². The lowest BCUT2D eigenvalue weighted by molar-refractivity contribution is 0.847. The van der Waals surface area contributed by atoms with Gasteiger partial charge in [-0.25, -0.2) is 0 Å². The third-order valence-corrected chi connectivity index (χ3v) is 3.49. The Morgan fingerprint density at radius 2 is 2.00 bits per heavy atom. The highest BCUT2D eigenvalue weighted by molar-refractivity contribution is 7.80. The van der Waals surface area contributed by atoms with Crippen LogP contribution in [0.15, 0.2) is 42.6 Å². The third kappa shape index (κ3) is 4.03. The molecule has 0 saturated carbocycles. The molecule has 0 aliphatic rings. The SMILES string of the molecule is Cc1cccc(NC(=S)NCCc2ccccn2)c1C. The molecule has 104 valence electrons. The van der Waals surface area contributed by atoms with Crippen molar-refractivity contribution in [2.75, 3.05) is 11.9 Å². The Morgan fingerprint density at radius 1 is 1.15 bits per heavy atom. The fourth-order valence-corrected chi connectivity index (χ4v) is 2.12. The Bertz CT molecular complexity index is 582. The van der Waals surface area contributed by atoms with Crippen molar-refractivity contribution in [1.29, 1.82) is 0 Å². The van der Waals surface area contributed by atoms with Gasteiger partial charge in [-0.05, 0) is 55.4 Å². The van der Waals surface area contributed by atoms with E-state index in [1.807, 2.05) is 36.5 Å².